The molecule has 0 fully saturated rings. The Morgan fingerprint density at radius 3 is 2.61 bits per heavy atom. The highest BCUT2D eigenvalue weighted by atomic mass is 127. The van der Waals surface area contributed by atoms with Crippen molar-refractivity contribution in [2.45, 2.75) is 12.8 Å². The van der Waals surface area contributed by atoms with Gasteiger partial charge in [-0.25, -0.2) is 4.98 Å². The molecule has 0 radical (unpaired) electrons. The second-order valence-corrected chi connectivity index (χ2v) is 4.13. The molecule has 0 saturated heterocycles. The van der Waals surface area contributed by atoms with Crippen LogP contribution in [-0.2, 0) is 11.2 Å². The Kier molecular flexibility index (Phi) is 4.59. The number of methoxy groups -OCH3 is 1. The molecule has 0 spiro atoms. The van der Waals surface area contributed by atoms with Gasteiger partial charge in [0.1, 0.15) is 0 Å². The van der Waals surface area contributed by atoms with Crippen LogP contribution in [0, 0.1) is 3.57 Å². The van der Waals surface area contributed by atoms with E-state index in [0.717, 1.165) is 13.3 Å². The van der Waals surface area contributed by atoms with E-state index in [1.807, 2.05) is 0 Å². The number of nitrogens with zero attached hydrogens (tertiary/aromatic N) is 1. The number of ether oxygens (including phenoxy) is 2. The van der Waals surface area contributed by atoms with Gasteiger partial charge in [0, 0.05) is 6.20 Å². The second-order valence-electron chi connectivity index (χ2n) is 3.05. The van der Waals surface area contributed by atoms with E-state index in [1.54, 1.807) is 22.6 Å². The van der Waals surface area contributed by atoms with Crippen LogP contribution in [0.25, 0.3) is 0 Å². The van der Waals surface area contributed by atoms with E-state index in [9.17, 15) is 18.0 Å². The van der Waals surface area contributed by atoms with Crippen molar-refractivity contribution in [2.24, 2.45) is 0 Å². The predicted molar refractivity (Wildman–Crippen MR) is 61.5 cm³/mol. The molecule has 0 aliphatic carbocycles. The zero-order chi connectivity index (χ0) is 13.9. The first-order valence-corrected chi connectivity index (χ1v) is 5.51. The highest BCUT2D eigenvalue weighted by Gasteiger charge is 2.34. The molecule has 1 heterocycles. The van der Waals surface area contributed by atoms with Crippen LogP contribution in [0.15, 0.2) is 6.20 Å². The predicted octanol–water partition coefficient (Wildman–Crippen LogP) is 2.22. The summed E-state index contributed by atoms with van der Waals surface area (Å²) in [6.45, 7) is 0. The number of carboxylic acid groups (broad SMARTS) is 1. The van der Waals surface area contributed by atoms with Crippen LogP contribution in [0.3, 0.4) is 0 Å². The lowest BCUT2D eigenvalue weighted by Crippen LogP contribution is -2.19. The number of aliphatic carboxylic acids is 1. The van der Waals surface area contributed by atoms with Crippen LogP contribution in [0.1, 0.15) is 5.56 Å². The van der Waals surface area contributed by atoms with Crippen molar-refractivity contribution in [2.75, 3.05) is 7.11 Å². The molecule has 0 bridgehead atoms. The van der Waals surface area contributed by atoms with Crippen molar-refractivity contribution in [1.82, 2.24) is 4.98 Å². The molecule has 5 nitrogen and oxygen atoms in total. The summed E-state index contributed by atoms with van der Waals surface area (Å²) in [5.74, 6) is -2.11. The maximum Gasteiger partial charge on any atom is 0.574 e. The number of rotatable bonds is 4. The molecule has 18 heavy (non-hydrogen) atoms. The zero-order valence-corrected chi connectivity index (χ0v) is 11.1. The van der Waals surface area contributed by atoms with Crippen LogP contribution < -0.4 is 9.47 Å². The van der Waals surface area contributed by atoms with Crippen molar-refractivity contribution < 1.29 is 32.5 Å². The molecule has 9 heteroatoms. The average molecular weight is 377 g/mol. The van der Waals surface area contributed by atoms with Gasteiger partial charge in [-0.15, -0.1) is 13.2 Å². The zero-order valence-electron chi connectivity index (χ0n) is 8.92. The van der Waals surface area contributed by atoms with Crippen molar-refractivity contribution in [3.05, 3.63) is 15.3 Å². The molecule has 0 saturated carbocycles. The van der Waals surface area contributed by atoms with E-state index in [1.165, 1.54) is 0 Å². The van der Waals surface area contributed by atoms with Crippen molar-refractivity contribution >= 4 is 28.6 Å². The molecule has 100 valence electrons. The fraction of sp³-hybridized carbons (Fsp3) is 0.333. The lowest BCUT2D eigenvalue weighted by molar-refractivity contribution is -0.276. The van der Waals surface area contributed by atoms with Gasteiger partial charge in [-0.05, 0) is 28.2 Å². The van der Waals surface area contributed by atoms with Crippen LogP contribution in [0.4, 0.5) is 13.2 Å². The Labute approximate surface area is 113 Å². The van der Waals surface area contributed by atoms with Crippen LogP contribution >= 0.6 is 22.6 Å². The highest BCUT2D eigenvalue weighted by Crippen LogP contribution is 2.35. The van der Waals surface area contributed by atoms with Gasteiger partial charge in [0.15, 0.2) is 5.75 Å². The monoisotopic (exact) mass is 377 g/mol. The fourth-order valence-corrected chi connectivity index (χ4v) is 1.92. The average Bonchev–Trinajstić information content (AvgIpc) is 2.20. The van der Waals surface area contributed by atoms with E-state index >= 15 is 0 Å². The SMILES string of the molecule is COc1c(OC(F)(F)F)ncc(CC(=O)O)c1I. The van der Waals surface area contributed by atoms with Crippen molar-refractivity contribution in [3.63, 3.8) is 0 Å². The van der Waals surface area contributed by atoms with E-state index in [-0.39, 0.29) is 21.3 Å². The third-order valence-electron chi connectivity index (χ3n) is 1.77. The molecule has 0 aromatic carbocycles. The molecular weight excluding hydrogens is 370 g/mol. The molecule has 0 atom stereocenters. The van der Waals surface area contributed by atoms with E-state index in [4.69, 9.17) is 9.84 Å². The largest absolute Gasteiger partial charge is 0.574 e. The number of hydrogen-bond acceptors (Lipinski definition) is 4. The summed E-state index contributed by atoms with van der Waals surface area (Å²) in [7, 11) is 1.15. The standard InChI is InChI=1S/C9H7F3INO4/c1-17-7-6(13)4(2-5(15)16)3-14-8(7)18-9(10,11)12/h3H,2H2,1H3,(H,15,16). The topological polar surface area (TPSA) is 68.7 Å². The molecule has 1 rings (SSSR count). The minimum atomic E-state index is -4.89. The number of halogens is 4. The maximum atomic E-state index is 12.1. The Morgan fingerprint density at radius 1 is 1.56 bits per heavy atom. The molecule has 1 N–H and O–H groups in total. The number of pyridine rings is 1. The summed E-state index contributed by atoms with van der Waals surface area (Å²) in [4.78, 5) is 14.0. The maximum absolute atomic E-state index is 12.1. The van der Waals surface area contributed by atoms with Gasteiger partial charge in [-0.1, -0.05) is 0 Å². The summed E-state index contributed by atoms with van der Waals surface area (Å²) in [6, 6.07) is 0. The summed E-state index contributed by atoms with van der Waals surface area (Å²) in [6.07, 6.45) is -4.24. The molecule has 0 unspecified atom stereocenters. The summed E-state index contributed by atoms with van der Waals surface area (Å²) in [5.41, 5.74) is 0.245. The number of carboxylic acids is 1. The summed E-state index contributed by atoms with van der Waals surface area (Å²) >= 11 is 1.68. The van der Waals surface area contributed by atoms with Gasteiger partial charge in [0.05, 0.1) is 17.1 Å². The van der Waals surface area contributed by atoms with Gasteiger partial charge in [0.25, 0.3) is 5.88 Å². The Hall–Kier alpha value is -1.26. The fourth-order valence-electron chi connectivity index (χ4n) is 1.14. The summed E-state index contributed by atoms with van der Waals surface area (Å²) in [5, 5.41) is 8.63. The highest BCUT2D eigenvalue weighted by molar-refractivity contribution is 14.1. The van der Waals surface area contributed by atoms with Gasteiger partial charge >= 0.3 is 12.3 Å². The van der Waals surface area contributed by atoms with Gasteiger partial charge < -0.3 is 14.6 Å². The molecule has 1 aromatic heterocycles. The molecule has 0 aliphatic heterocycles. The Bertz CT molecular complexity index is 464. The number of alkyl halides is 3. The normalized spacial score (nSPS) is 11.2. The minimum Gasteiger partial charge on any atom is -0.490 e. The van der Waals surface area contributed by atoms with E-state index in [2.05, 4.69) is 9.72 Å². The number of hydrogen-bond donors (Lipinski definition) is 1. The van der Waals surface area contributed by atoms with E-state index in [0.29, 0.717) is 0 Å². The first kappa shape index (κ1) is 14.8. The molecular formula is C9H7F3INO4. The van der Waals surface area contributed by atoms with Crippen molar-refractivity contribution in [3.8, 4) is 11.6 Å². The third-order valence-corrected chi connectivity index (χ3v) is 2.95. The Morgan fingerprint density at radius 2 is 2.17 bits per heavy atom. The van der Waals surface area contributed by atoms with Crippen LogP contribution in [0.5, 0.6) is 11.6 Å². The first-order valence-electron chi connectivity index (χ1n) is 4.43. The number of aromatic nitrogens is 1. The molecule has 0 amide bonds. The lowest BCUT2D eigenvalue weighted by Gasteiger charge is -2.14. The van der Waals surface area contributed by atoms with Gasteiger partial charge in [-0.3, -0.25) is 4.79 Å². The smallest absolute Gasteiger partial charge is 0.490 e. The van der Waals surface area contributed by atoms with Gasteiger partial charge in [0.2, 0.25) is 0 Å². The minimum absolute atomic E-state index is 0.215. The van der Waals surface area contributed by atoms with Crippen molar-refractivity contribution in [1.29, 1.82) is 0 Å². The van der Waals surface area contributed by atoms with Crippen LogP contribution in [-0.4, -0.2) is 29.5 Å². The first-order chi connectivity index (χ1) is 8.24. The van der Waals surface area contributed by atoms with Crippen LogP contribution in [0.2, 0.25) is 0 Å². The summed E-state index contributed by atoms with van der Waals surface area (Å²) < 4.78 is 44.9. The molecule has 0 aliphatic rings. The molecule has 1 aromatic rings. The lowest BCUT2D eigenvalue weighted by atomic mass is 10.2. The van der Waals surface area contributed by atoms with E-state index < -0.39 is 18.2 Å². The quantitative estimate of drug-likeness (QED) is 0.816. The Balaban J connectivity index is 3.16. The van der Waals surface area contributed by atoms with Gasteiger partial charge in [-0.2, -0.15) is 0 Å². The number of carbonyl (C=O) groups is 1. The second kappa shape index (κ2) is 5.59. The third kappa shape index (κ3) is 3.89.